The lowest BCUT2D eigenvalue weighted by molar-refractivity contribution is -0.715. The van der Waals surface area contributed by atoms with Crippen molar-refractivity contribution >= 4 is 5.69 Å². The molecule has 0 spiro atoms. The van der Waals surface area contributed by atoms with Gasteiger partial charge in [-0.15, -0.1) is 0 Å². The fourth-order valence-electron chi connectivity index (χ4n) is 0.772. The third kappa shape index (κ3) is 1.74. The molecule has 3 nitrogen and oxygen atoms in total. The van der Waals surface area contributed by atoms with Gasteiger partial charge in [-0.25, -0.2) is 4.39 Å². The fourth-order valence-corrected chi connectivity index (χ4v) is 0.772. The first-order valence-electron chi connectivity index (χ1n) is 3.09. The lowest BCUT2D eigenvalue weighted by Gasteiger charge is -2.24. The number of nitrogens with one attached hydrogen (secondary N) is 1. The van der Waals surface area contributed by atoms with Gasteiger partial charge in [0.25, 0.3) is 0 Å². The fraction of sp³-hybridized carbons (Fsp3) is 0.143. The molecule has 0 atom stereocenters. The summed E-state index contributed by atoms with van der Waals surface area (Å²) in [4.78, 5) is 0. The average molecular weight is 156 g/mol. The van der Waals surface area contributed by atoms with Gasteiger partial charge in [-0.1, -0.05) is 0 Å². The van der Waals surface area contributed by atoms with Crippen LogP contribution in [0.25, 0.3) is 0 Å². The summed E-state index contributed by atoms with van der Waals surface area (Å²) in [6, 6.07) is 3.53. The van der Waals surface area contributed by atoms with Crippen LogP contribution in [0.3, 0.4) is 0 Å². The van der Waals surface area contributed by atoms with Crippen molar-refractivity contribution in [2.75, 3.05) is 0 Å². The average Bonchev–Trinajstić information content (AvgIpc) is 1.94. The molecule has 0 saturated carbocycles. The van der Waals surface area contributed by atoms with E-state index in [1.807, 2.05) is 0 Å². The van der Waals surface area contributed by atoms with Gasteiger partial charge in [0.2, 0.25) is 0 Å². The molecule has 0 radical (unpaired) electrons. The molecule has 11 heavy (non-hydrogen) atoms. The third-order valence-electron chi connectivity index (χ3n) is 1.39. The summed E-state index contributed by atoms with van der Waals surface area (Å²) in [7, 11) is 0. The van der Waals surface area contributed by atoms with Crippen LogP contribution in [0.1, 0.15) is 5.56 Å². The maximum atomic E-state index is 12.5. The van der Waals surface area contributed by atoms with Crippen LogP contribution < -0.4 is 5.23 Å². The molecule has 0 aliphatic carbocycles. The zero-order chi connectivity index (χ0) is 8.43. The van der Waals surface area contributed by atoms with E-state index in [4.69, 9.17) is 0 Å². The monoisotopic (exact) mass is 156 g/mol. The van der Waals surface area contributed by atoms with E-state index in [0.717, 1.165) is 6.07 Å². The second-order valence-electron chi connectivity index (χ2n) is 2.25. The highest BCUT2D eigenvalue weighted by atomic mass is 19.1. The number of quaternary nitrogens is 1. The van der Waals surface area contributed by atoms with Gasteiger partial charge in [0, 0.05) is 12.1 Å². The van der Waals surface area contributed by atoms with Crippen LogP contribution in [-0.4, -0.2) is 0 Å². The maximum absolute atomic E-state index is 12.5. The summed E-state index contributed by atoms with van der Waals surface area (Å²) in [6.07, 6.45) is 0. The molecule has 0 aliphatic rings. The van der Waals surface area contributed by atoms with E-state index in [1.165, 1.54) is 19.1 Å². The summed E-state index contributed by atoms with van der Waals surface area (Å²) in [6.45, 7) is 1.50. The van der Waals surface area contributed by atoms with Gasteiger partial charge >= 0.3 is 0 Å². The Balaban J connectivity index is 3.05. The second-order valence-corrected chi connectivity index (χ2v) is 2.25. The zero-order valence-corrected chi connectivity index (χ0v) is 5.93. The lowest BCUT2D eigenvalue weighted by Crippen LogP contribution is -2.96. The molecular formula is C7H7FNO2-. The minimum Gasteiger partial charge on any atom is -0.628 e. The van der Waals surface area contributed by atoms with E-state index in [1.54, 1.807) is 0 Å². The van der Waals surface area contributed by atoms with Gasteiger partial charge in [-0.05, 0) is 18.6 Å². The standard InChI is InChI=1S/C7H7FNO2/c1-5-4-6(9(10)11)2-3-7(5)8/h2-4,9H,1H3/q-1. The van der Waals surface area contributed by atoms with E-state index in [9.17, 15) is 14.8 Å². The Morgan fingerprint density at radius 1 is 1.36 bits per heavy atom. The van der Waals surface area contributed by atoms with Crippen molar-refractivity contribution in [1.29, 1.82) is 0 Å². The predicted molar refractivity (Wildman–Crippen MR) is 38.5 cm³/mol. The highest BCUT2D eigenvalue weighted by Crippen LogP contribution is 2.09. The third-order valence-corrected chi connectivity index (χ3v) is 1.39. The molecule has 1 aromatic carbocycles. The van der Waals surface area contributed by atoms with Crippen LogP contribution in [0, 0.1) is 23.2 Å². The summed E-state index contributed by atoms with van der Waals surface area (Å²) in [5.74, 6) is -0.407. The van der Waals surface area contributed by atoms with Crippen LogP contribution >= 0.6 is 0 Å². The summed E-state index contributed by atoms with van der Waals surface area (Å²) in [5, 5.41) is 19.2. The predicted octanol–water partition coefficient (Wildman–Crippen LogP) is 0.646. The quantitative estimate of drug-likeness (QED) is 0.607. The van der Waals surface area contributed by atoms with Crippen molar-refractivity contribution in [3.63, 3.8) is 0 Å². The van der Waals surface area contributed by atoms with Gasteiger partial charge < -0.3 is 15.6 Å². The first-order valence-corrected chi connectivity index (χ1v) is 3.09. The smallest absolute Gasteiger partial charge is 0.131 e. The zero-order valence-electron chi connectivity index (χ0n) is 5.93. The Kier molecular flexibility index (Phi) is 2.19. The van der Waals surface area contributed by atoms with Crippen LogP contribution in [-0.2, 0) is 0 Å². The van der Waals surface area contributed by atoms with Crippen LogP contribution in [0.4, 0.5) is 10.1 Å². The van der Waals surface area contributed by atoms with E-state index in [-0.39, 0.29) is 5.69 Å². The molecule has 1 rings (SSSR count). The minimum atomic E-state index is -1.28. The van der Waals surface area contributed by atoms with Crippen molar-refractivity contribution in [2.24, 2.45) is 0 Å². The molecule has 60 valence electrons. The van der Waals surface area contributed by atoms with Crippen LogP contribution in [0.15, 0.2) is 18.2 Å². The SMILES string of the molecule is Cc1cc([NH+]([O-])[O-])ccc1F. The minimum absolute atomic E-state index is 0.00361. The molecule has 0 fully saturated rings. The molecule has 1 N–H and O–H groups in total. The number of hydrogen-bond donors (Lipinski definition) is 1. The number of hydrogen-bond acceptors (Lipinski definition) is 2. The summed E-state index contributed by atoms with van der Waals surface area (Å²) < 4.78 is 12.5. The van der Waals surface area contributed by atoms with Gasteiger partial charge in [0.15, 0.2) is 0 Å². The Morgan fingerprint density at radius 2 is 2.00 bits per heavy atom. The van der Waals surface area contributed by atoms with Crippen molar-refractivity contribution in [3.8, 4) is 0 Å². The summed E-state index contributed by atoms with van der Waals surface area (Å²) in [5.41, 5.74) is 0.315. The van der Waals surface area contributed by atoms with Crippen molar-refractivity contribution in [1.82, 2.24) is 0 Å². The van der Waals surface area contributed by atoms with E-state index < -0.39 is 11.0 Å². The molecule has 0 heterocycles. The van der Waals surface area contributed by atoms with Gasteiger partial charge in [-0.3, -0.25) is 0 Å². The highest BCUT2D eigenvalue weighted by molar-refractivity contribution is 5.34. The van der Waals surface area contributed by atoms with Crippen LogP contribution in [0.2, 0.25) is 0 Å². The Hall–Kier alpha value is -0.970. The van der Waals surface area contributed by atoms with E-state index in [0.29, 0.717) is 5.56 Å². The topological polar surface area (TPSA) is 50.6 Å². The van der Waals surface area contributed by atoms with E-state index in [2.05, 4.69) is 0 Å². The van der Waals surface area contributed by atoms with Gasteiger partial charge in [-0.2, -0.15) is 0 Å². The maximum Gasteiger partial charge on any atom is 0.131 e. The number of rotatable bonds is 1. The van der Waals surface area contributed by atoms with Crippen molar-refractivity contribution in [3.05, 3.63) is 40.0 Å². The van der Waals surface area contributed by atoms with Crippen molar-refractivity contribution in [2.45, 2.75) is 6.92 Å². The molecule has 0 unspecified atom stereocenters. The molecular weight excluding hydrogens is 149 g/mol. The Morgan fingerprint density at radius 3 is 2.45 bits per heavy atom. The molecule has 0 bridgehead atoms. The summed E-state index contributed by atoms with van der Waals surface area (Å²) >= 11 is 0. The Bertz CT molecular complexity index is 263. The van der Waals surface area contributed by atoms with Crippen LogP contribution in [0.5, 0.6) is 0 Å². The molecule has 0 amide bonds. The molecule has 0 aromatic heterocycles. The van der Waals surface area contributed by atoms with Gasteiger partial charge in [0.1, 0.15) is 11.5 Å². The van der Waals surface area contributed by atoms with E-state index >= 15 is 0 Å². The molecule has 0 saturated heterocycles. The number of benzene rings is 1. The first kappa shape index (κ1) is 8.13. The highest BCUT2D eigenvalue weighted by Gasteiger charge is 1.99. The number of aryl methyl sites for hydroxylation is 1. The molecule has 4 heteroatoms. The molecule has 0 aliphatic heterocycles. The second kappa shape index (κ2) is 2.96. The largest absolute Gasteiger partial charge is 0.628 e. The van der Waals surface area contributed by atoms with Gasteiger partial charge in [0.05, 0.1) is 0 Å². The first-order chi connectivity index (χ1) is 5.11. The lowest BCUT2D eigenvalue weighted by atomic mass is 10.2. The van der Waals surface area contributed by atoms with Crippen molar-refractivity contribution < 1.29 is 9.62 Å². The number of halogens is 1. The molecule has 1 aromatic rings. The normalized spacial score (nSPS) is 10.6. The Labute approximate surface area is 63.2 Å².